The lowest BCUT2D eigenvalue weighted by atomic mass is 9.75. The molecule has 6 nitrogen and oxygen atoms in total. The number of hydrogen-bond acceptors (Lipinski definition) is 4. The number of likely N-dealkylation sites (tertiary alicyclic amines) is 1. The quantitative estimate of drug-likeness (QED) is 0.809. The molecule has 26 heavy (non-hydrogen) atoms. The highest BCUT2D eigenvalue weighted by atomic mass is 16.5. The molecule has 0 aromatic heterocycles. The molecule has 1 aliphatic carbocycles. The third-order valence-electron chi connectivity index (χ3n) is 5.79. The van der Waals surface area contributed by atoms with Gasteiger partial charge in [0, 0.05) is 32.4 Å². The number of nitrogens with zero attached hydrogens (tertiary/aromatic N) is 1. The van der Waals surface area contributed by atoms with Crippen LogP contribution in [-0.4, -0.2) is 47.6 Å². The number of nitrogens with one attached hydrogen (secondary N) is 1. The van der Waals surface area contributed by atoms with Gasteiger partial charge in [-0.25, -0.2) is 0 Å². The second-order valence-corrected chi connectivity index (χ2v) is 7.63. The van der Waals surface area contributed by atoms with Gasteiger partial charge in [0.25, 0.3) is 0 Å². The fourth-order valence-electron chi connectivity index (χ4n) is 4.20. The lowest BCUT2D eigenvalue weighted by molar-refractivity contribution is -0.128. The van der Waals surface area contributed by atoms with Crippen LogP contribution in [-0.2, 0) is 16.0 Å². The Hall–Kier alpha value is -2.08. The van der Waals surface area contributed by atoms with Gasteiger partial charge in [-0.05, 0) is 48.4 Å². The van der Waals surface area contributed by atoms with Crippen molar-refractivity contribution in [2.75, 3.05) is 19.7 Å². The van der Waals surface area contributed by atoms with E-state index in [1.165, 1.54) is 5.56 Å². The van der Waals surface area contributed by atoms with Crippen LogP contribution in [0, 0.1) is 5.92 Å². The van der Waals surface area contributed by atoms with E-state index in [2.05, 4.69) is 11.4 Å². The minimum Gasteiger partial charge on any atom is -0.493 e. The van der Waals surface area contributed by atoms with E-state index in [9.17, 15) is 14.7 Å². The Bertz CT molecular complexity index is 699. The molecule has 0 spiro atoms. The van der Waals surface area contributed by atoms with Gasteiger partial charge in [-0.3, -0.25) is 9.59 Å². The molecule has 0 unspecified atom stereocenters. The Balaban J connectivity index is 1.42. The smallest absolute Gasteiger partial charge is 0.222 e. The molecule has 4 rings (SSSR count). The van der Waals surface area contributed by atoms with Crippen molar-refractivity contribution in [3.8, 4) is 5.75 Å². The molecule has 2 amide bonds. The van der Waals surface area contributed by atoms with Crippen LogP contribution < -0.4 is 10.1 Å². The molecule has 1 aromatic carbocycles. The Morgan fingerprint density at radius 3 is 2.92 bits per heavy atom. The third kappa shape index (κ3) is 3.56. The van der Waals surface area contributed by atoms with Crippen molar-refractivity contribution >= 4 is 11.8 Å². The normalized spacial score (nSPS) is 25.4. The summed E-state index contributed by atoms with van der Waals surface area (Å²) in [6.07, 6.45) is 3.87. The van der Waals surface area contributed by atoms with E-state index in [4.69, 9.17) is 4.74 Å². The van der Waals surface area contributed by atoms with Crippen molar-refractivity contribution in [3.05, 3.63) is 29.3 Å². The topological polar surface area (TPSA) is 78.9 Å². The summed E-state index contributed by atoms with van der Waals surface area (Å²) in [4.78, 5) is 26.0. The van der Waals surface area contributed by atoms with E-state index in [-0.39, 0.29) is 29.9 Å². The highest BCUT2D eigenvalue weighted by Crippen LogP contribution is 2.39. The van der Waals surface area contributed by atoms with Crippen LogP contribution in [0.3, 0.4) is 0 Å². The van der Waals surface area contributed by atoms with Gasteiger partial charge in [-0.2, -0.15) is 0 Å². The molecule has 1 atom stereocenters. The van der Waals surface area contributed by atoms with Crippen LogP contribution >= 0.6 is 0 Å². The first-order valence-corrected chi connectivity index (χ1v) is 9.61. The second-order valence-electron chi connectivity index (χ2n) is 7.63. The second kappa shape index (κ2) is 7.27. The highest BCUT2D eigenvalue weighted by Gasteiger charge is 2.36. The van der Waals surface area contributed by atoms with Gasteiger partial charge in [0.1, 0.15) is 5.75 Å². The van der Waals surface area contributed by atoms with Crippen molar-refractivity contribution in [1.29, 1.82) is 0 Å². The molecule has 2 aliphatic heterocycles. The fraction of sp³-hybridized carbons (Fsp3) is 0.600. The standard InChI is InChI=1S/C20H26N2O4/c23-16-11-15(12-16)20(14-3-4-17-13(10-14)6-9-26-17)21-18(24)5-8-22-7-1-2-19(22)25/h3-4,10,15-16,20,23H,1-2,5-9,11-12H2,(H,21,24)/t15?,16?,20-/m0/s1. The van der Waals surface area contributed by atoms with E-state index in [0.717, 1.165) is 30.7 Å². The zero-order chi connectivity index (χ0) is 18.1. The number of carbonyl (C=O) groups is 2. The Morgan fingerprint density at radius 1 is 1.35 bits per heavy atom. The van der Waals surface area contributed by atoms with Crippen LogP contribution in [0.1, 0.15) is 49.3 Å². The lowest BCUT2D eigenvalue weighted by Crippen LogP contribution is -2.42. The van der Waals surface area contributed by atoms with Crippen LogP contribution in [0.5, 0.6) is 5.75 Å². The van der Waals surface area contributed by atoms with Crippen LogP contribution in [0.25, 0.3) is 0 Å². The van der Waals surface area contributed by atoms with Crippen molar-refractivity contribution in [2.45, 2.75) is 50.7 Å². The van der Waals surface area contributed by atoms with Gasteiger partial charge < -0.3 is 20.1 Å². The average Bonchev–Trinajstić information content (AvgIpc) is 3.23. The number of rotatable bonds is 6. The van der Waals surface area contributed by atoms with E-state index < -0.39 is 0 Å². The number of benzene rings is 1. The Morgan fingerprint density at radius 2 is 2.19 bits per heavy atom. The van der Waals surface area contributed by atoms with Crippen molar-refractivity contribution < 1.29 is 19.4 Å². The first kappa shape index (κ1) is 17.3. The molecule has 0 radical (unpaired) electrons. The maximum Gasteiger partial charge on any atom is 0.222 e. The highest BCUT2D eigenvalue weighted by molar-refractivity contribution is 5.80. The molecule has 140 valence electrons. The molecule has 1 saturated carbocycles. The van der Waals surface area contributed by atoms with E-state index in [0.29, 0.717) is 38.8 Å². The van der Waals surface area contributed by atoms with E-state index >= 15 is 0 Å². The molecule has 3 aliphatic rings. The van der Waals surface area contributed by atoms with Crippen LogP contribution in [0.2, 0.25) is 0 Å². The minimum absolute atomic E-state index is 0.0344. The molecule has 1 aromatic rings. The van der Waals surface area contributed by atoms with Crippen molar-refractivity contribution in [1.82, 2.24) is 10.2 Å². The van der Waals surface area contributed by atoms with Crippen LogP contribution in [0.15, 0.2) is 18.2 Å². The summed E-state index contributed by atoms with van der Waals surface area (Å²) >= 11 is 0. The molecule has 2 fully saturated rings. The summed E-state index contributed by atoms with van der Waals surface area (Å²) in [5.41, 5.74) is 2.26. The summed E-state index contributed by atoms with van der Waals surface area (Å²) < 4.78 is 5.57. The fourth-order valence-corrected chi connectivity index (χ4v) is 4.20. The third-order valence-corrected chi connectivity index (χ3v) is 5.79. The monoisotopic (exact) mass is 358 g/mol. The Labute approximate surface area is 153 Å². The van der Waals surface area contributed by atoms with Gasteiger partial charge in [-0.15, -0.1) is 0 Å². The number of aliphatic hydroxyl groups is 1. The van der Waals surface area contributed by atoms with Crippen molar-refractivity contribution in [2.24, 2.45) is 5.92 Å². The van der Waals surface area contributed by atoms with Gasteiger partial charge in [0.15, 0.2) is 0 Å². The maximum absolute atomic E-state index is 12.5. The summed E-state index contributed by atoms with van der Waals surface area (Å²) in [6.45, 7) is 1.96. The number of ether oxygens (including phenoxy) is 1. The summed E-state index contributed by atoms with van der Waals surface area (Å²) in [6, 6.07) is 6.03. The summed E-state index contributed by atoms with van der Waals surface area (Å²) in [7, 11) is 0. The number of carbonyl (C=O) groups excluding carboxylic acids is 2. The predicted octanol–water partition coefficient (Wildman–Crippen LogP) is 1.56. The SMILES string of the molecule is O=C(CCN1CCCC1=O)N[C@@H](c1ccc2c(c1)CCO2)C1CC(O)C1. The Kier molecular flexibility index (Phi) is 4.85. The number of aliphatic hydroxyl groups excluding tert-OH is 1. The van der Waals surface area contributed by atoms with E-state index in [1.54, 1.807) is 4.90 Å². The summed E-state index contributed by atoms with van der Waals surface area (Å²) in [5.74, 6) is 1.30. The first-order chi connectivity index (χ1) is 12.6. The zero-order valence-corrected chi connectivity index (χ0v) is 14.9. The predicted molar refractivity (Wildman–Crippen MR) is 95.7 cm³/mol. The number of hydrogen-bond donors (Lipinski definition) is 2. The molecule has 1 saturated heterocycles. The molecular weight excluding hydrogens is 332 g/mol. The summed E-state index contributed by atoms with van der Waals surface area (Å²) in [5, 5.41) is 12.9. The zero-order valence-electron chi connectivity index (χ0n) is 14.9. The molecular formula is C20H26N2O4. The van der Waals surface area contributed by atoms with Gasteiger partial charge in [0.2, 0.25) is 11.8 Å². The van der Waals surface area contributed by atoms with Gasteiger partial charge in [-0.1, -0.05) is 6.07 Å². The van der Waals surface area contributed by atoms with Gasteiger partial charge in [0.05, 0.1) is 18.8 Å². The maximum atomic E-state index is 12.5. The van der Waals surface area contributed by atoms with Gasteiger partial charge >= 0.3 is 0 Å². The largest absolute Gasteiger partial charge is 0.493 e. The molecule has 0 bridgehead atoms. The molecule has 2 heterocycles. The average molecular weight is 358 g/mol. The first-order valence-electron chi connectivity index (χ1n) is 9.61. The van der Waals surface area contributed by atoms with E-state index in [1.807, 2.05) is 12.1 Å². The molecule has 6 heteroatoms. The number of amides is 2. The molecule has 2 N–H and O–H groups in total. The number of fused-ring (bicyclic) bond motifs is 1. The van der Waals surface area contributed by atoms with Crippen molar-refractivity contribution in [3.63, 3.8) is 0 Å². The minimum atomic E-state index is -0.264. The lowest BCUT2D eigenvalue weighted by Gasteiger charge is -2.38. The van der Waals surface area contributed by atoms with Crippen LogP contribution in [0.4, 0.5) is 0 Å².